The van der Waals surface area contributed by atoms with Crippen molar-refractivity contribution in [3.63, 3.8) is 0 Å². The van der Waals surface area contributed by atoms with Crippen molar-refractivity contribution in [2.75, 3.05) is 0 Å². The second kappa shape index (κ2) is 7.51. The standard InChI is InChI=1S/C21H20N4OP4/c27-29-20-22-8-17(24-20)11-1-3-13-12(5-11)9-26-18-7-14-10(6-15(13)18)2-4-16-19(14)25-21(23-16)30-28/h1,3,5-8,29-30H,2,4,9,27-28H2,(H,22,24)(H,23,25). The fraction of sp³-hybridized carbons (Fsp3) is 0.143. The van der Waals surface area contributed by atoms with E-state index in [-0.39, 0.29) is 0 Å². The van der Waals surface area contributed by atoms with E-state index < -0.39 is 0 Å². The van der Waals surface area contributed by atoms with Gasteiger partial charge >= 0.3 is 0 Å². The minimum absolute atomic E-state index is 0.576. The number of fused-ring (bicyclic) bond motifs is 6. The highest BCUT2D eigenvalue weighted by atomic mass is 32.0. The first kappa shape index (κ1) is 19.1. The van der Waals surface area contributed by atoms with Crippen molar-refractivity contribution in [3.05, 3.63) is 53.3 Å². The number of hydrogen-bond acceptors (Lipinski definition) is 3. The molecular formula is C21H20N4OP4. The Kier molecular flexibility index (Phi) is 4.78. The lowest BCUT2D eigenvalue weighted by Gasteiger charge is -2.25. The number of nitrogens with zero attached hydrogens (tertiary/aromatic N) is 2. The molecule has 4 atom stereocenters. The number of aromatic nitrogens is 4. The molecule has 0 amide bonds. The van der Waals surface area contributed by atoms with Gasteiger partial charge in [0.1, 0.15) is 23.5 Å². The predicted molar refractivity (Wildman–Crippen MR) is 134 cm³/mol. The molecular weight excluding hydrogens is 448 g/mol. The Morgan fingerprint density at radius 2 is 1.80 bits per heavy atom. The molecule has 4 unspecified atom stereocenters. The van der Waals surface area contributed by atoms with Gasteiger partial charge in [-0.05, 0) is 69.8 Å². The monoisotopic (exact) mass is 468 g/mol. The molecule has 0 bridgehead atoms. The summed E-state index contributed by atoms with van der Waals surface area (Å²) in [6, 6.07) is 11.1. The molecule has 0 saturated carbocycles. The Morgan fingerprint density at radius 1 is 0.900 bits per heavy atom. The van der Waals surface area contributed by atoms with Crippen LogP contribution in [0.1, 0.15) is 16.8 Å². The fourth-order valence-electron chi connectivity index (χ4n) is 4.36. The molecule has 1 aliphatic heterocycles. The molecule has 6 rings (SSSR count). The van der Waals surface area contributed by atoms with Crippen LogP contribution in [0.15, 0.2) is 36.5 Å². The zero-order valence-corrected chi connectivity index (χ0v) is 20.4. The highest BCUT2D eigenvalue weighted by Crippen LogP contribution is 2.44. The van der Waals surface area contributed by atoms with E-state index in [1.807, 2.05) is 6.20 Å². The van der Waals surface area contributed by atoms with Crippen molar-refractivity contribution < 1.29 is 4.74 Å². The van der Waals surface area contributed by atoms with Gasteiger partial charge < -0.3 is 14.7 Å². The number of nitrogens with one attached hydrogen (secondary N) is 2. The maximum atomic E-state index is 6.21. The van der Waals surface area contributed by atoms with E-state index in [1.165, 1.54) is 33.5 Å². The van der Waals surface area contributed by atoms with Gasteiger partial charge in [-0.1, -0.05) is 12.1 Å². The summed E-state index contributed by atoms with van der Waals surface area (Å²) in [7, 11) is 6.69. The van der Waals surface area contributed by atoms with E-state index in [0.717, 1.165) is 46.7 Å². The molecule has 9 heteroatoms. The Hall–Kier alpha value is -1.62. The van der Waals surface area contributed by atoms with Crippen LogP contribution in [0.2, 0.25) is 0 Å². The molecule has 2 aliphatic rings. The average molecular weight is 468 g/mol. The lowest BCUT2D eigenvalue weighted by Crippen LogP contribution is -2.09. The number of aromatic amines is 2. The number of H-pyrrole nitrogens is 2. The normalized spacial score (nSPS) is 14.6. The third-order valence-electron chi connectivity index (χ3n) is 5.82. The van der Waals surface area contributed by atoms with E-state index in [1.54, 1.807) is 0 Å². The zero-order chi connectivity index (χ0) is 20.2. The summed E-state index contributed by atoms with van der Waals surface area (Å²) in [5, 5.41) is 0. The van der Waals surface area contributed by atoms with Crippen molar-refractivity contribution in [3.8, 4) is 39.4 Å². The molecule has 4 aromatic rings. The molecule has 2 N–H and O–H groups in total. The van der Waals surface area contributed by atoms with Crippen molar-refractivity contribution in [1.82, 2.24) is 19.9 Å². The van der Waals surface area contributed by atoms with Gasteiger partial charge in [-0.15, -0.1) is 17.9 Å². The average Bonchev–Trinajstić information content (AvgIpc) is 3.44. The molecule has 0 saturated heterocycles. The molecule has 0 radical (unpaired) electrons. The smallest absolute Gasteiger partial charge is 0.130 e. The summed E-state index contributed by atoms with van der Waals surface area (Å²) in [5.41, 5.74) is 12.8. The first-order valence-corrected chi connectivity index (χ1v) is 15.4. The summed E-state index contributed by atoms with van der Waals surface area (Å²) in [5.74, 6) is 0.952. The Bertz CT molecular complexity index is 1300. The van der Waals surface area contributed by atoms with Crippen LogP contribution in [0.3, 0.4) is 0 Å². The largest absolute Gasteiger partial charge is 0.488 e. The second-order valence-electron chi connectivity index (χ2n) is 7.51. The van der Waals surface area contributed by atoms with Gasteiger partial charge in [0.15, 0.2) is 0 Å². The summed E-state index contributed by atoms with van der Waals surface area (Å²) >= 11 is 0. The minimum atomic E-state index is 0.576. The number of rotatable bonds is 3. The van der Waals surface area contributed by atoms with Crippen LogP contribution in [0.4, 0.5) is 0 Å². The molecule has 1 aliphatic carbocycles. The van der Waals surface area contributed by atoms with Crippen molar-refractivity contribution in [2.45, 2.75) is 19.4 Å². The fourth-order valence-corrected chi connectivity index (χ4v) is 5.96. The number of hydrogen-bond donors (Lipinski definition) is 2. The zero-order valence-electron chi connectivity index (χ0n) is 16.0. The second-order valence-corrected chi connectivity index (χ2v) is 10.8. The molecule has 30 heavy (non-hydrogen) atoms. The van der Waals surface area contributed by atoms with Gasteiger partial charge in [-0.25, -0.2) is 9.97 Å². The van der Waals surface area contributed by atoms with Crippen molar-refractivity contribution in [2.24, 2.45) is 0 Å². The third-order valence-corrected chi connectivity index (χ3v) is 8.50. The Morgan fingerprint density at radius 3 is 2.63 bits per heavy atom. The first-order chi connectivity index (χ1) is 14.7. The quantitative estimate of drug-likeness (QED) is 0.441. The molecule has 0 fully saturated rings. The van der Waals surface area contributed by atoms with Crippen LogP contribution in [0.5, 0.6) is 5.75 Å². The minimum Gasteiger partial charge on any atom is -0.488 e. The maximum Gasteiger partial charge on any atom is 0.130 e. The molecule has 2 aromatic carbocycles. The highest BCUT2D eigenvalue weighted by molar-refractivity contribution is 8.06. The van der Waals surface area contributed by atoms with Gasteiger partial charge in [-0.3, -0.25) is 0 Å². The van der Waals surface area contributed by atoms with E-state index in [0.29, 0.717) is 23.1 Å². The van der Waals surface area contributed by atoms with Gasteiger partial charge in [0.25, 0.3) is 0 Å². The van der Waals surface area contributed by atoms with E-state index in [2.05, 4.69) is 63.1 Å². The third kappa shape index (κ3) is 3.07. The van der Waals surface area contributed by atoms with Gasteiger partial charge in [0.05, 0.1) is 17.6 Å². The van der Waals surface area contributed by atoms with Crippen LogP contribution in [-0.4, -0.2) is 19.9 Å². The van der Waals surface area contributed by atoms with Crippen LogP contribution >= 0.6 is 34.4 Å². The Balaban J connectivity index is 1.43. The molecule has 0 spiro atoms. The lowest BCUT2D eigenvalue weighted by atomic mass is 9.86. The highest BCUT2D eigenvalue weighted by Gasteiger charge is 2.25. The number of ether oxygens (including phenoxy) is 1. The van der Waals surface area contributed by atoms with Crippen molar-refractivity contribution >= 4 is 45.5 Å². The summed E-state index contributed by atoms with van der Waals surface area (Å²) in [6.45, 7) is 0.576. The number of benzene rings is 2. The molecule has 5 nitrogen and oxygen atoms in total. The van der Waals surface area contributed by atoms with E-state index in [9.17, 15) is 0 Å². The van der Waals surface area contributed by atoms with Gasteiger partial charge in [0.2, 0.25) is 0 Å². The molecule has 150 valence electrons. The summed E-state index contributed by atoms with van der Waals surface area (Å²) < 4.78 is 6.21. The van der Waals surface area contributed by atoms with Gasteiger partial charge in [0, 0.05) is 16.8 Å². The SMILES string of the molecule is PPc1ncc(-c2ccc3c(c2)COc2cc4c(cc2-3)CCc2[nH]c(PP)nc2-4)[nH]1. The lowest BCUT2D eigenvalue weighted by molar-refractivity contribution is 0.302. The summed E-state index contributed by atoms with van der Waals surface area (Å²) in [6.07, 6.45) is 3.94. The Labute approximate surface area is 182 Å². The van der Waals surface area contributed by atoms with Crippen molar-refractivity contribution in [1.29, 1.82) is 0 Å². The predicted octanol–water partition coefficient (Wildman–Crippen LogP) is 4.31. The van der Waals surface area contributed by atoms with Crippen LogP contribution in [0.25, 0.3) is 33.6 Å². The van der Waals surface area contributed by atoms with Crippen LogP contribution in [0, 0.1) is 0 Å². The number of imidazole rings is 2. The van der Waals surface area contributed by atoms with Crippen LogP contribution in [-0.2, 0) is 19.4 Å². The van der Waals surface area contributed by atoms with Crippen LogP contribution < -0.4 is 15.9 Å². The first-order valence-electron chi connectivity index (χ1n) is 9.74. The molecule has 3 heterocycles. The van der Waals surface area contributed by atoms with Gasteiger partial charge in [-0.2, -0.15) is 0 Å². The van der Waals surface area contributed by atoms with E-state index >= 15 is 0 Å². The maximum absolute atomic E-state index is 6.21. The molecule has 2 aromatic heterocycles. The number of aryl methyl sites for hydroxylation is 2. The summed E-state index contributed by atoms with van der Waals surface area (Å²) in [4.78, 5) is 16.1. The topological polar surface area (TPSA) is 66.6 Å². The van der Waals surface area contributed by atoms with E-state index in [4.69, 9.17) is 9.72 Å².